The highest BCUT2D eigenvalue weighted by Gasteiger charge is 2.15. The van der Waals surface area contributed by atoms with E-state index in [0.717, 1.165) is 11.1 Å². The zero-order valence-corrected chi connectivity index (χ0v) is 22.9. The third-order valence-electron chi connectivity index (χ3n) is 5.84. The van der Waals surface area contributed by atoms with E-state index < -0.39 is 5.91 Å². The van der Waals surface area contributed by atoms with Gasteiger partial charge in [0.25, 0.3) is 5.91 Å². The van der Waals surface area contributed by atoms with Crippen LogP contribution in [0.1, 0.15) is 29.2 Å². The SMILES string of the molecule is CCOc1cc(/C=C(\C#N)C(=O)Nc2ccc(OCc3ccccc3)cc2)cc(Br)c1Cc1ccccc1F. The van der Waals surface area contributed by atoms with Gasteiger partial charge < -0.3 is 14.8 Å². The molecule has 7 heteroatoms. The Morgan fingerprint density at radius 1 is 1.00 bits per heavy atom. The van der Waals surface area contributed by atoms with E-state index in [0.29, 0.717) is 52.4 Å². The van der Waals surface area contributed by atoms with E-state index in [-0.39, 0.29) is 11.4 Å². The molecule has 0 bridgehead atoms. The molecule has 0 radical (unpaired) electrons. The number of carbonyl (C=O) groups excluding carboxylic acids is 1. The van der Waals surface area contributed by atoms with Gasteiger partial charge in [-0.3, -0.25) is 4.79 Å². The van der Waals surface area contributed by atoms with Crippen molar-refractivity contribution in [1.29, 1.82) is 5.26 Å². The summed E-state index contributed by atoms with van der Waals surface area (Å²) in [6, 6.07) is 28.8. The van der Waals surface area contributed by atoms with E-state index in [9.17, 15) is 14.4 Å². The van der Waals surface area contributed by atoms with Crippen molar-refractivity contribution in [3.8, 4) is 17.6 Å². The number of carbonyl (C=O) groups is 1. The molecule has 0 aromatic heterocycles. The van der Waals surface area contributed by atoms with Crippen molar-refractivity contribution in [1.82, 2.24) is 0 Å². The molecule has 4 rings (SSSR count). The molecule has 39 heavy (non-hydrogen) atoms. The first-order valence-corrected chi connectivity index (χ1v) is 13.1. The average Bonchev–Trinajstić information content (AvgIpc) is 2.95. The van der Waals surface area contributed by atoms with E-state index in [2.05, 4.69) is 21.2 Å². The fourth-order valence-corrected chi connectivity index (χ4v) is 4.49. The molecule has 4 aromatic rings. The Labute approximate surface area is 235 Å². The number of hydrogen-bond acceptors (Lipinski definition) is 4. The Morgan fingerprint density at radius 3 is 2.41 bits per heavy atom. The number of halogens is 2. The first kappa shape index (κ1) is 27.6. The predicted octanol–water partition coefficient (Wildman–Crippen LogP) is 7.70. The second-order valence-corrected chi connectivity index (χ2v) is 9.46. The van der Waals surface area contributed by atoms with Gasteiger partial charge in [-0.15, -0.1) is 0 Å². The van der Waals surface area contributed by atoms with Gasteiger partial charge in [-0.05, 0) is 72.2 Å². The van der Waals surface area contributed by atoms with Crippen LogP contribution >= 0.6 is 15.9 Å². The molecular formula is C32H26BrFN2O3. The van der Waals surface area contributed by atoms with E-state index in [1.807, 2.05) is 43.3 Å². The van der Waals surface area contributed by atoms with E-state index in [1.165, 1.54) is 12.1 Å². The minimum absolute atomic E-state index is 0.0735. The zero-order valence-electron chi connectivity index (χ0n) is 21.3. The van der Waals surface area contributed by atoms with Crippen molar-refractivity contribution in [3.63, 3.8) is 0 Å². The second kappa shape index (κ2) is 13.4. The fraction of sp³-hybridized carbons (Fsp3) is 0.125. The number of rotatable bonds is 10. The summed E-state index contributed by atoms with van der Waals surface area (Å²) in [7, 11) is 0. The van der Waals surface area contributed by atoms with E-state index in [4.69, 9.17) is 9.47 Å². The van der Waals surface area contributed by atoms with Crippen LogP contribution < -0.4 is 14.8 Å². The lowest BCUT2D eigenvalue weighted by Crippen LogP contribution is -2.13. The maximum atomic E-state index is 14.3. The molecule has 0 unspecified atom stereocenters. The highest BCUT2D eigenvalue weighted by Crippen LogP contribution is 2.33. The van der Waals surface area contributed by atoms with Gasteiger partial charge in [-0.1, -0.05) is 64.5 Å². The van der Waals surface area contributed by atoms with Crippen molar-refractivity contribution >= 4 is 33.6 Å². The quantitative estimate of drug-likeness (QED) is 0.153. The molecule has 0 spiro atoms. The molecule has 1 N–H and O–H groups in total. The maximum Gasteiger partial charge on any atom is 0.266 e. The molecular weight excluding hydrogens is 559 g/mol. The van der Waals surface area contributed by atoms with Crippen LogP contribution in [0.25, 0.3) is 6.08 Å². The van der Waals surface area contributed by atoms with Crippen LogP contribution in [0.2, 0.25) is 0 Å². The molecule has 0 aliphatic carbocycles. The van der Waals surface area contributed by atoms with E-state index >= 15 is 0 Å². The number of anilines is 1. The summed E-state index contributed by atoms with van der Waals surface area (Å²) >= 11 is 3.56. The van der Waals surface area contributed by atoms with Crippen LogP contribution in [0, 0.1) is 17.1 Å². The molecule has 0 atom stereocenters. The molecule has 196 valence electrons. The average molecular weight is 585 g/mol. The topological polar surface area (TPSA) is 71.3 Å². The Kier molecular flexibility index (Phi) is 9.49. The van der Waals surface area contributed by atoms with Gasteiger partial charge in [0.1, 0.15) is 35.6 Å². The van der Waals surface area contributed by atoms with Gasteiger partial charge in [-0.2, -0.15) is 5.26 Å². The van der Waals surface area contributed by atoms with Crippen LogP contribution in [0.15, 0.2) is 101 Å². The van der Waals surface area contributed by atoms with Gasteiger partial charge in [0.2, 0.25) is 0 Å². The Balaban J connectivity index is 1.48. The number of nitrogens with zero attached hydrogens (tertiary/aromatic N) is 1. The van der Waals surface area contributed by atoms with Gasteiger partial charge in [0.05, 0.1) is 6.61 Å². The third-order valence-corrected chi connectivity index (χ3v) is 6.55. The van der Waals surface area contributed by atoms with Gasteiger partial charge in [0.15, 0.2) is 0 Å². The number of amides is 1. The van der Waals surface area contributed by atoms with Crippen LogP contribution in [0.5, 0.6) is 11.5 Å². The van der Waals surface area contributed by atoms with Crippen LogP contribution in [-0.4, -0.2) is 12.5 Å². The smallest absolute Gasteiger partial charge is 0.266 e. The summed E-state index contributed by atoms with van der Waals surface area (Å²) in [4.78, 5) is 12.9. The molecule has 1 amide bonds. The van der Waals surface area contributed by atoms with Gasteiger partial charge in [0, 0.05) is 22.1 Å². The lowest BCUT2D eigenvalue weighted by molar-refractivity contribution is -0.112. The minimum atomic E-state index is -0.542. The normalized spacial score (nSPS) is 11.0. The maximum absolute atomic E-state index is 14.3. The first-order valence-electron chi connectivity index (χ1n) is 12.4. The monoisotopic (exact) mass is 584 g/mol. The van der Waals surface area contributed by atoms with Crippen LogP contribution in [0.3, 0.4) is 0 Å². The van der Waals surface area contributed by atoms with Crippen LogP contribution in [0.4, 0.5) is 10.1 Å². The Hall–Kier alpha value is -4.41. The highest BCUT2D eigenvalue weighted by molar-refractivity contribution is 9.10. The van der Waals surface area contributed by atoms with Gasteiger partial charge in [-0.25, -0.2) is 4.39 Å². The van der Waals surface area contributed by atoms with Crippen molar-refractivity contribution in [2.24, 2.45) is 0 Å². The summed E-state index contributed by atoms with van der Waals surface area (Å²) < 4.78 is 26.6. The van der Waals surface area contributed by atoms with Crippen LogP contribution in [-0.2, 0) is 17.8 Å². The molecule has 0 aliphatic heterocycles. The van der Waals surface area contributed by atoms with Crippen molar-refractivity contribution in [2.45, 2.75) is 20.0 Å². The number of nitriles is 1. The molecule has 0 saturated heterocycles. The summed E-state index contributed by atoms with van der Waals surface area (Å²) in [6.45, 7) is 2.70. The van der Waals surface area contributed by atoms with Gasteiger partial charge >= 0.3 is 0 Å². The Morgan fingerprint density at radius 2 is 1.72 bits per heavy atom. The first-order chi connectivity index (χ1) is 19.0. The second-order valence-electron chi connectivity index (χ2n) is 8.60. The zero-order chi connectivity index (χ0) is 27.6. The molecule has 0 heterocycles. The standard InChI is InChI=1S/C32H26BrFN2O3/c1-2-38-31-18-23(17-29(33)28(31)19-24-10-6-7-11-30(24)34)16-25(20-35)32(37)36-26-12-14-27(15-13-26)39-21-22-8-4-3-5-9-22/h3-18H,2,19,21H2,1H3,(H,36,37)/b25-16+. The summed E-state index contributed by atoms with van der Waals surface area (Å²) in [6.07, 6.45) is 1.82. The number of hydrogen-bond donors (Lipinski definition) is 1. The van der Waals surface area contributed by atoms with Crippen molar-refractivity contribution in [2.75, 3.05) is 11.9 Å². The summed E-state index contributed by atoms with van der Waals surface area (Å²) in [5, 5.41) is 12.4. The number of benzene rings is 4. The molecule has 5 nitrogen and oxygen atoms in total. The summed E-state index contributed by atoms with van der Waals surface area (Å²) in [5.41, 5.74) is 3.42. The highest BCUT2D eigenvalue weighted by atomic mass is 79.9. The summed E-state index contributed by atoms with van der Waals surface area (Å²) in [5.74, 6) is 0.372. The van der Waals surface area contributed by atoms with E-state index in [1.54, 1.807) is 54.6 Å². The predicted molar refractivity (Wildman–Crippen MR) is 154 cm³/mol. The Bertz CT molecular complexity index is 1510. The molecule has 4 aromatic carbocycles. The molecule has 0 fully saturated rings. The fourth-order valence-electron chi connectivity index (χ4n) is 3.89. The number of nitrogens with one attached hydrogen (secondary N) is 1. The lowest BCUT2D eigenvalue weighted by Gasteiger charge is -2.14. The largest absolute Gasteiger partial charge is 0.494 e. The molecule has 0 aliphatic rings. The minimum Gasteiger partial charge on any atom is -0.494 e. The molecule has 0 saturated carbocycles. The van der Waals surface area contributed by atoms with Crippen molar-refractivity contribution in [3.05, 3.63) is 129 Å². The number of ether oxygens (including phenoxy) is 2. The third kappa shape index (κ3) is 7.56. The lowest BCUT2D eigenvalue weighted by atomic mass is 10.0. The van der Waals surface area contributed by atoms with Crippen molar-refractivity contribution < 1.29 is 18.7 Å².